The lowest BCUT2D eigenvalue weighted by molar-refractivity contribution is 0.220. The Balaban J connectivity index is 2.44. The fourth-order valence-corrected chi connectivity index (χ4v) is 3.56. The Labute approximate surface area is 105 Å². The Morgan fingerprint density at radius 3 is 2.47 bits per heavy atom. The van der Waals surface area contributed by atoms with E-state index in [2.05, 4.69) is 18.0 Å². The summed E-state index contributed by atoms with van der Waals surface area (Å²) in [6.45, 7) is 6.65. The summed E-state index contributed by atoms with van der Waals surface area (Å²) in [5, 5.41) is 0. The third-order valence-electron chi connectivity index (χ3n) is 2.86. The van der Waals surface area contributed by atoms with Crippen LogP contribution < -0.4 is 0 Å². The summed E-state index contributed by atoms with van der Waals surface area (Å²) in [7, 11) is -0.746. The Bertz CT molecular complexity index is 294. The highest BCUT2D eigenvalue weighted by atomic mass is 31.2. The number of nitrogens with zero attached hydrogens (tertiary/aromatic N) is 1. The Hall–Kier alpha value is -0.150. The molecule has 1 rings (SSSR count). The molecule has 0 unspecified atom stereocenters. The first-order valence-electron chi connectivity index (χ1n) is 6.34. The molecule has 100 valence electrons. The second-order valence-corrected chi connectivity index (χ2v) is 6.48. The molecule has 0 aromatic carbocycles. The van der Waals surface area contributed by atoms with E-state index in [-0.39, 0.29) is 0 Å². The van der Waals surface area contributed by atoms with Crippen molar-refractivity contribution in [2.75, 3.05) is 39.5 Å². The molecule has 0 amide bonds. The molecule has 0 radical (unpaired) electrons. The highest BCUT2D eigenvalue weighted by molar-refractivity contribution is 7.53. The van der Waals surface area contributed by atoms with Gasteiger partial charge in [-0.2, -0.15) is 0 Å². The second-order valence-electron chi connectivity index (χ2n) is 4.29. The summed E-state index contributed by atoms with van der Waals surface area (Å²) >= 11 is 0. The molecule has 0 N–H and O–H groups in total. The third kappa shape index (κ3) is 5.35. The minimum atomic E-state index is -2.86. The highest BCUT2D eigenvalue weighted by Crippen LogP contribution is 2.49. The zero-order valence-electron chi connectivity index (χ0n) is 11.1. The average molecular weight is 261 g/mol. The van der Waals surface area contributed by atoms with Gasteiger partial charge >= 0.3 is 7.60 Å². The van der Waals surface area contributed by atoms with Crippen LogP contribution in [0.15, 0.2) is 11.6 Å². The predicted octanol–water partition coefficient (Wildman–Crippen LogP) is 2.90. The van der Waals surface area contributed by atoms with Gasteiger partial charge in [0, 0.05) is 13.1 Å². The lowest BCUT2D eigenvalue weighted by Crippen LogP contribution is -2.24. The van der Waals surface area contributed by atoms with Crippen LogP contribution in [0.4, 0.5) is 0 Å². The monoisotopic (exact) mass is 261 g/mol. The Morgan fingerprint density at radius 2 is 2.00 bits per heavy atom. The molecule has 1 aliphatic rings. The maximum Gasteiger partial charge on any atom is 0.330 e. The zero-order valence-corrected chi connectivity index (χ0v) is 12.0. The minimum absolute atomic E-state index is 0.444. The summed E-state index contributed by atoms with van der Waals surface area (Å²) in [5.41, 5.74) is 1.38. The second kappa shape index (κ2) is 7.32. The van der Waals surface area contributed by atoms with Gasteiger partial charge in [-0.25, -0.2) is 0 Å². The molecule has 1 aliphatic heterocycles. The number of likely N-dealkylation sites (N-methyl/N-ethyl adjacent to an activating group) is 1. The number of hydrogen-bond donors (Lipinski definition) is 0. The van der Waals surface area contributed by atoms with E-state index in [1.54, 1.807) is 0 Å². The maximum absolute atomic E-state index is 12.2. The normalized spacial score (nSPS) is 18.2. The van der Waals surface area contributed by atoms with Gasteiger partial charge in [0.25, 0.3) is 0 Å². The molecule has 5 heteroatoms. The van der Waals surface area contributed by atoms with Crippen molar-refractivity contribution < 1.29 is 13.6 Å². The molecule has 0 spiro atoms. The summed E-state index contributed by atoms with van der Waals surface area (Å²) in [5.74, 6) is 0. The summed E-state index contributed by atoms with van der Waals surface area (Å²) in [4.78, 5) is 2.27. The van der Waals surface area contributed by atoms with E-state index in [1.165, 1.54) is 5.57 Å². The molecule has 0 saturated carbocycles. The van der Waals surface area contributed by atoms with Crippen LogP contribution >= 0.6 is 7.60 Å². The van der Waals surface area contributed by atoms with Gasteiger partial charge in [-0.1, -0.05) is 11.6 Å². The van der Waals surface area contributed by atoms with Crippen molar-refractivity contribution in [3.63, 3.8) is 0 Å². The molecular weight excluding hydrogens is 237 g/mol. The van der Waals surface area contributed by atoms with Gasteiger partial charge < -0.3 is 13.9 Å². The van der Waals surface area contributed by atoms with Crippen molar-refractivity contribution in [3.8, 4) is 0 Å². The number of hydrogen-bond acceptors (Lipinski definition) is 4. The first-order chi connectivity index (χ1) is 8.09. The molecule has 4 nitrogen and oxygen atoms in total. The lowest BCUT2D eigenvalue weighted by Gasteiger charge is -2.23. The average Bonchev–Trinajstić information content (AvgIpc) is 2.29. The van der Waals surface area contributed by atoms with E-state index < -0.39 is 7.60 Å². The van der Waals surface area contributed by atoms with E-state index >= 15 is 0 Å². The van der Waals surface area contributed by atoms with Crippen LogP contribution in [0.5, 0.6) is 0 Å². The van der Waals surface area contributed by atoms with Gasteiger partial charge in [0.05, 0.1) is 19.4 Å². The predicted molar refractivity (Wildman–Crippen MR) is 70.5 cm³/mol. The van der Waals surface area contributed by atoms with Crippen molar-refractivity contribution >= 4 is 7.60 Å². The third-order valence-corrected chi connectivity index (χ3v) is 4.94. The van der Waals surface area contributed by atoms with Crippen LogP contribution in [-0.4, -0.2) is 44.4 Å². The van der Waals surface area contributed by atoms with E-state index in [1.807, 2.05) is 13.8 Å². The maximum atomic E-state index is 12.2. The van der Waals surface area contributed by atoms with Crippen molar-refractivity contribution in [2.24, 2.45) is 0 Å². The van der Waals surface area contributed by atoms with Gasteiger partial charge in [-0.15, -0.1) is 0 Å². The minimum Gasteiger partial charge on any atom is -0.309 e. The molecule has 1 heterocycles. The Kier molecular flexibility index (Phi) is 6.42. The molecule has 0 aliphatic carbocycles. The van der Waals surface area contributed by atoms with Gasteiger partial charge in [0.15, 0.2) is 0 Å². The quantitative estimate of drug-likeness (QED) is 0.522. The van der Waals surface area contributed by atoms with Crippen molar-refractivity contribution in [1.29, 1.82) is 0 Å². The molecule has 0 saturated heterocycles. The van der Waals surface area contributed by atoms with Crippen LogP contribution in [0, 0.1) is 0 Å². The zero-order chi connectivity index (χ0) is 12.7. The van der Waals surface area contributed by atoms with E-state index in [4.69, 9.17) is 9.05 Å². The van der Waals surface area contributed by atoms with Crippen LogP contribution in [0.1, 0.15) is 26.7 Å². The molecule has 0 fully saturated rings. The molecular formula is C12H24NO3P. The summed E-state index contributed by atoms with van der Waals surface area (Å²) in [6.07, 6.45) is 4.62. The van der Waals surface area contributed by atoms with Crippen LogP contribution in [0.3, 0.4) is 0 Å². The molecule has 0 aromatic heterocycles. The van der Waals surface area contributed by atoms with Crippen LogP contribution in [0.25, 0.3) is 0 Å². The molecule has 0 bridgehead atoms. The summed E-state index contributed by atoms with van der Waals surface area (Å²) in [6, 6.07) is 0. The van der Waals surface area contributed by atoms with E-state index in [0.29, 0.717) is 19.4 Å². The first kappa shape index (κ1) is 14.9. The van der Waals surface area contributed by atoms with Gasteiger partial charge in [-0.05, 0) is 33.7 Å². The van der Waals surface area contributed by atoms with E-state index in [0.717, 1.165) is 25.9 Å². The van der Waals surface area contributed by atoms with Crippen molar-refractivity contribution in [3.05, 3.63) is 11.6 Å². The number of rotatable bonds is 7. The first-order valence-corrected chi connectivity index (χ1v) is 8.07. The molecule has 17 heavy (non-hydrogen) atoms. The van der Waals surface area contributed by atoms with Crippen LogP contribution in [0.2, 0.25) is 0 Å². The summed E-state index contributed by atoms with van der Waals surface area (Å²) < 4.78 is 22.8. The molecule has 0 atom stereocenters. The van der Waals surface area contributed by atoms with Gasteiger partial charge in [0.2, 0.25) is 0 Å². The Morgan fingerprint density at radius 1 is 1.35 bits per heavy atom. The fourth-order valence-electron chi connectivity index (χ4n) is 1.88. The SMILES string of the molecule is CCOP(=O)(CCC1=CCN(C)CC1)OCC. The van der Waals surface area contributed by atoms with Gasteiger partial charge in [0.1, 0.15) is 0 Å². The van der Waals surface area contributed by atoms with Crippen molar-refractivity contribution in [1.82, 2.24) is 4.90 Å². The molecule has 0 aromatic rings. The van der Waals surface area contributed by atoms with Crippen molar-refractivity contribution in [2.45, 2.75) is 26.7 Å². The largest absolute Gasteiger partial charge is 0.330 e. The lowest BCUT2D eigenvalue weighted by atomic mass is 10.1. The highest BCUT2D eigenvalue weighted by Gasteiger charge is 2.23. The van der Waals surface area contributed by atoms with Gasteiger partial charge in [-0.3, -0.25) is 4.57 Å². The standard InChI is InChI=1S/C12H24NO3P/c1-4-15-17(14,16-5-2)11-8-12-6-9-13(3)10-7-12/h6H,4-5,7-11H2,1-3H3. The van der Waals surface area contributed by atoms with Crippen LogP contribution in [-0.2, 0) is 13.6 Å². The smallest absolute Gasteiger partial charge is 0.309 e. The van der Waals surface area contributed by atoms with E-state index in [9.17, 15) is 4.57 Å². The topological polar surface area (TPSA) is 38.8 Å². The fraction of sp³-hybridized carbons (Fsp3) is 0.833.